The van der Waals surface area contributed by atoms with Gasteiger partial charge < -0.3 is 10.1 Å². The van der Waals surface area contributed by atoms with Gasteiger partial charge in [-0.25, -0.2) is 9.50 Å². The molecule has 2 aromatic heterocycles. The summed E-state index contributed by atoms with van der Waals surface area (Å²) in [6.07, 6.45) is 1.48. The number of carbonyl (C=O) groups excluding carboxylic acids is 2. The predicted molar refractivity (Wildman–Crippen MR) is 71.4 cm³/mol. The number of esters is 1. The van der Waals surface area contributed by atoms with E-state index in [4.69, 9.17) is 4.74 Å². The van der Waals surface area contributed by atoms with Crippen LogP contribution in [0, 0.1) is 13.8 Å². The molecular formula is C13H16N4O3. The van der Waals surface area contributed by atoms with Gasteiger partial charge in [-0.15, -0.1) is 0 Å². The summed E-state index contributed by atoms with van der Waals surface area (Å²) in [5.41, 5.74) is 2.56. The number of rotatable bonds is 4. The van der Waals surface area contributed by atoms with Crippen molar-refractivity contribution in [2.24, 2.45) is 0 Å². The Kier molecular flexibility index (Phi) is 3.97. The monoisotopic (exact) mass is 276 g/mol. The summed E-state index contributed by atoms with van der Waals surface area (Å²) >= 11 is 0. The van der Waals surface area contributed by atoms with Crippen molar-refractivity contribution in [2.75, 3.05) is 13.2 Å². The van der Waals surface area contributed by atoms with Gasteiger partial charge >= 0.3 is 5.97 Å². The summed E-state index contributed by atoms with van der Waals surface area (Å²) in [5, 5.41) is 6.76. The van der Waals surface area contributed by atoms with Gasteiger partial charge in [0.2, 0.25) is 0 Å². The number of hydrogen-bond donors (Lipinski definition) is 1. The molecule has 0 saturated heterocycles. The average Bonchev–Trinajstić information content (AvgIpc) is 2.78. The van der Waals surface area contributed by atoms with Gasteiger partial charge in [0.05, 0.1) is 23.6 Å². The number of fused-ring (bicyclic) bond motifs is 1. The molecule has 2 heterocycles. The lowest BCUT2D eigenvalue weighted by Gasteiger charge is -2.08. The van der Waals surface area contributed by atoms with Crippen LogP contribution in [0.15, 0.2) is 12.3 Å². The Morgan fingerprint density at radius 1 is 1.40 bits per heavy atom. The molecule has 1 amide bonds. The van der Waals surface area contributed by atoms with Gasteiger partial charge in [0, 0.05) is 12.3 Å². The number of amides is 1. The topological polar surface area (TPSA) is 85.6 Å². The van der Waals surface area contributed by atoms with Gasteiger partial charge in [0.25, 0.3) is 5.91 Å². The molecule has 0 unspecified atom stereocenters. The fourth-order valence-corrected chi connectivity index (χ4v) is 1.85. The molecule has 0 saturated carbocycles. The maximum Gasteiger partial charge on any atom is 0.325 e. The molecule has 0 atom stereocenters. The molecule has 7 heteroatoms. The van der Waals surface area contributed by atoms with Crippen LogP contribution in [0.5, 0.6) is 0 Å². The minimum atomic E-state index is -0.470. The van der Waals surface area contributed by atoms with Crippen LogP contribution in [-0.2, 0) is 9.53 Å². The van der Waals surface area contributed by atoms with Gasteiger partial charge in [-0.1, -0.05) is 0 Å². The minimum absolute atomic E-state index is 0.164. The Labute approximate surface area is 115 Å². The summed E-state index contributed by atoms with van der Waals surface area (Å²) in [7, 11) is 0. The SMILES string of the molecule is CCOC(=O)CNC(=O)c1cnc2cc(C)nn2c1C. The molecule has 2 aromatic rings. The van der Waals surface area contributed by atoms with E-state index < -0.39 is 5.97 Å². The fourth-order valence-electron chi connectivity index (χ4n) is 1.85. The zero-order chi connectivity index (χ0) is 14.7. The third-order valence-electron chi connectivity index (χ3n) is 2.79. The Morgan fingerprint density at radius 2 is 2.15 bits per heavy atom. The first-order chi connectivity index (χ1) is 9.52. The zero-order valence-electron chi connectivity index (χ0n) is 11.6. The molecule has 1 N–H and O–H groups in total. The first-order valence-electron chi connectivity index (χ1n) is 6.28. The number of nitrogens with one attached hydrogen (secondary N) is 1. The van der Waals surface area contributed by atoms with Gasteiger partial charge in [0.15, 0.2) is 5.65 Å². The van der Waals surface area contributed by atoms with Gasteiger partial charge in [-0.05, 0) is 20.8 Å². The molecule has 0 bridgehead atoms. The van der Waals surface area contributed by atoms with E-state index in [1.807, 2.05) is 13.0 Å². The number of carbonyl (C=O) groups is 2. The Balaban J connectivity index is 2.18. The molecule has 20 heavy (non-hydrogen) atoms. The lowest BCUT2D eigenvalue weighted by Crippen LogP contribution is -2.31. The molecule has 0 aliphatic heterocycles. The van der Waals surface area contributed by atoms with Crippen LogP contribution in [-0.4, -0.2) is 39.6 Å². The van der Waals surface area contributed by atoms with Gasteiger partial charge in [0.1, 0.15) is 6.54 Å². The van der Waals surface area contributed by atoms with Gasteiger partial charge in [-0.2, -0.15) is 5.10 Å². The minimum Gasteiger partial charge on any atom is -0.465 e. The molecule has 0 aliphatic rings. The maximum absolute atomic E-state index is 12.0. The number of ether oxygens (including phenoxy) is 1. The molecule has 0 radical (unpaired) electrons. The highest BCUT2D eigenvalue weighted by atomic mass is 16.5. The van der Waals surface area contributed by atoms with E-state index in [0.717, 1.165) is 5.69 Å². The predicted octanol–water partition coefficient (Wildman–Crippen LogP) is 0.639. The van der Waals surface area contributed by atoms with Crippen molar-refractivity contribution >= 4 is 17.5 Å². The molecular weight excluding hydrogens is 260 g/mol. The quantitative estimate of drug-likeness (QED) is 0.828. The summed E-state index contributed by atoms with van der Waals surface area (Å²) in [5.74, 6) is -0.847. The standard InChI is InChI=1S/C13H16N4O3/c1-4-20-12(18)7-15-13(19)10-6-14-11-5-8(2)16-17(11)9(10)3/h5-6H,4,7H2,1-3H3,(H,15,19). The second kappa shape index (κ2) is 5.68. The first kappa shape index (κ1) is 14.0. The normalized spacial score (nSPS) is 10.6. The Morgan fingerprint density at radius 3 is 2.85 bits per heavy atom. The van der Waals surface area contributed by atoms with Crippen LogP contribution in [0.2, 0.25) is 0 Å². The number of aryl methyl sites for hydroxylation is 2. The van der Waals surface area contributed by atoms with E-state index in [1.165, 1.54) is 6.20 Å². The number of nitrogens with zero attached hydrogens (tertiary/aromatic N) is 3. The van der Waals surface area contributed by atoms with Crippen LogP contribution in [0.3, 0.4) is 0 Å². The van der Waals surface area contributed by atoms with E-state index in [0.29, 0.717) is 16.9 Å². The summed E-state index contributed by atoms with van der Waals surface area (Å²) in [6, 6.07) is 1.83. The van der Waals surface area contributed by atoms with Gasteiger partial charge in [-0.3, -0.25) is 9.59 Å². The molecule has 0 spiro atoms. The molecule has 0 fully saturated rings. The van der Waals surface area contributed by atoms with Crippen molar-refractivity contribution in [1.29, 1.82) is 0 Å². The van der Waals surface area contributed by atoms with Crippen LogP contribution in [0.1, 0.15) is 28.7 Å². The summed E-state index contributed by atoms with van der Waals surface area (Å²) < 4.78 is 6.35. The molecule has 106 valence electrons. The highest BCUT2D eigenvalue weighted by Gasteiger charge is 2.14. The molecule has 0 aliphatic carbocycles. The molecule has 2 rings (SSSR count). The summed E-state index contributed by atoms with van der Waals surface area (Å²) in [6.45, 7) is 5.47. The first-order valence-corrected chi connectivity index (χ1v) is 6.28. The third kappa shape index (κ3) is 2.76. The Bertz CT molecular complexity index is 663. The lowest BCUT2D eigenvalue weighted by atomic mass is 10.2. The van der Waals surface area contributed by atoms with Crippen molar-refractivity contribution in [3.05, 3.63) is 29.2 Å². The van der Waals surface area contributed by atoms with E-state index in [9.17, 15) is 9.59 Å². The van der Waals surface area contributed by atoms with E-state index in [2.05, 4.69) is 15.4 Å². The average molecular weight is 276 g/mol. The summed E-state index contributed by atoms with van der Waals surface area (Å²) in [4.78, 5) is 27.4. The largest absolute Gasteiger partial charge is 0.465 e. The van der Waals surface area contributed by atoms with Crippen LogP contribution in [0.4, 0.5) is 0 Å². The molecule has 7 nitrogen and oxygen atoms in total. The maximum atomic E-state index is 12.0. The van der Waals surface area contributed by atoms with Crippen LogP contribution in [0.25, 0.3) is 5.65 Å². The van der Waals surface area contributed by atoms with Crippen LogP contribution >= 0.6 is 0 Å². The lowest BCUT2D eigenvalue weighted by molar-refractivity contribution is -0.141. The number of aromatic nitrogens is 3. The molecule has 0 aromatic carbocycles. The Hall–Kier alpha value is -2.44. The highest BCUT2D eigenvalue weighted by molar-refractivity contribution is 5.96. The smallest absolute Gasteiger partial charge is 0.325 e. The second-order valence-corrected chi connectivity index (χ2v) is 4.30. The van der Waals surface area contributed by atoms with E-state index in [-0.39, 0.29) is 19.1 Å². The van der Waals surface area contributed by atoms with E-state index >= 15 is 0 Å². The van der Waals surface area contributed by atoms with E-state index in [1.54, 1.807) is 18.4 Å². The van der Waals surface area contributed by atoms with Crippen molar-refractivity contribution in [2.45, 2.75) is 20.8 Å². The fraction of sp³-hybridized carbons (Fsp3) is 0.385. The second-order valence-electron chi connectivity index (χ2n) is 4.30. The zero-order valence-corrected chi connectivity index (χ0v) is 11.6. The van der Waals surface area contributed by atoms with Crippen LogP contribution < -0.4 is 5.32 Å². The number of hydrogen-bond acceptors (Lipinski definition) is 5. The third-order valence-corrected chi connectivity index (χ3v) is 2.79. The van der Waals surface area contributed by atoms with Crippen molar-refractivity contribution in [1.82, 2.24) is 19.9 Å². The van der Waals surface area contributed by atoms with Crippen molar-refractivity contribution in [3.8, 4) is 0 Å². The highest BCUT2D eigenvalue weighted by Crippen LogP contribution is 2.10. The van der Waals surface area contributed by atoms with Crippen molar-refractivity contribution in [3.63, 3.8) is 0 Å². The van der Waals surface area contributed by atoms with Crippen molar-refractivity contribution < 1.29 is 14.3 Å².